The molecule has 1 rings (SSSR count). The normalized spacial score (nSPS) is 12.8. The number of ether oxygens (including phenoxy) is 1. The van der Waals surface area contributed by atoms with Gasteiger partial charge in [-0.1, -0.05) is 18.2 Å². The molecule has 0 bridgehead atoms. The molecule has 60 valence electrons. The molecule has 0 saturated heterocycles. The molecule has 0 unspecified atom stereocenters. The number of hydrogen-bond acceptors (Lipinski definition) is 2. The molecule has 3 heteroatoms. The maximum atomic E-state index is 11.2. The minimum atomic E-state index is -1.01. The molecule has 0 spiro atoms. The van der Waals surface area contributed by atoms with E-state index < -0.39 is 10.8 Å². The second kappa shape index (κ2) is 4.26. The molecule has 0 fully saturated rings. The average molecular weight is 170 g/mol. The first-order valence-electron chi connectivity index (χ1n) is 3.27. The first-order chi connectivity index (χ1) is 5.34. The lowest BCUT2D eigenvalue weighted by atomic mass is 10.4. The largest absolute Gasteiger partial charge is 0.371 e. The van der Waals surface area contributed by atoms with Crippen LogP contribution in [0.4, 0.5) is 0 Å². The van der Waals surface area contributed by atoms with E-state index in [0.717, 1.165) is 4.90 Å². The monoisotopic (exact) mass is 170 g/mol. The van der Waals surface area contributed by atoms with Crippen LogP contribution in [0.3, 0.4) is 0 Å². The van der Waals surface area contributed by atoms with Crippen LogP contribution in [0.5, 0.6) is 0 Å². The van der Waals surface area contributed by atoms with E-state index >= 15 is 0 Å². The summed E-state index contributed by atoms with van der Waals surface area (Å²) in [7, 11) is 0.537. The highest BCUT2D eigenvalue weighted by atomic mass is 32.2. The molecule has 0 N–H and O–H groups in total. The molecule has 0 aromatic heterocycles. The molecule has 0 saturated carbocycles. The van der Waals surface area contributed by atoms with Crippen molar-refractivity contribution in [2.24, 2.45) is 0 Å². The third-order valence-electron chi connectivity index (χ3n) is 1.23. The summed E-state index contributed by atoms with van der Waals surface area (Å²) in [5.41, 5.74) is 0. The van der Waals surface area contributed by atoms with Crippen LogP contribution in [0.1, 0.15) is 0 Å². The van der Waals surface area contributed by atoms with Gasteiger partial charge in [0.1, 0.15) is 5.94 Å². The van der Waals surface area contributed by atoms with E-state index in [1.165, 1.54) is 0 Å². The van der Waals surface area contributed by atoms with Crippen molar-refractivity contribution >= 4 is 10.8 Å². The average Bonchev–Trinajstić information content (AvgIpc) is 2.07. The van der Waals surface area contributed by atoms with Gasteiger partial charge in [-0.05, 0) is 12.1 Å². The van der Waals surface area contributed by atoms with E-state index in [1.54, 1.807) is 7.11 Å². The molecular weight excluding hydrogens is 160 g/mol. The van der Waals surface area contributed by atoms with Crippen molar-refractivity contribution in [1.82, 2.24) is 0 Å². The molecule has 1 aromatic carbocycles. The van der Waals surface area contributed by atoms with Crippen molar-refractivity contribution in [3.8, 4) is 0 Å². The van der Waals surface area contributed by atoms with Gasteiger partial charge in [0.25, 0.3) is 0 Å². The van der Waals surface area contributed by atoms with Gasteiger partial charge in [-0.25, -0.2) is 0 Å². The Bertz CT molecular complexity index is 233. The maximum Gasteiger partial charge on any atom is 0.126 e. The third-order valence-corrected chi connectivity index (χ3v) is 2.48. The van der Waals surface area contributed by atoms with E-state index in [1.807, 2.05) is 30.3 Å². The zero-order chi connectivity index (χ0) is 8.10. The fourth-order valence-electron chi connectivity index (χ4n) is 0.747. The summed E-state index contributed by atoms with van der Waals surface area (Å²) in [6.45, 7) is 0. The minimum absolute atomic E-state index is 0.268. The van der Waals surface area contributed by atoms with E-state index in [4.69, 9.17) is 4.74 Å². The highest BCUT2D eigenvalue weighted by molar-refractivity contribution is 7.84. The van der Waals surface area contributed by atoms with E-state index in [2.05, 4.69) is 0 Å². The van der Waals surface area contributed by atoms with E-state index in [0.29, 0.717) is 0 Å². The van der Waals surface area contributed by atoms with Gasteiger partial charge in [-0.15, -0.1) is 0 Å². The summed E-state index contributed by atoms with van der Waals surface area (Å²) in [5.74, 6) is 0.268. The van der Waals surface area contributed by atoms with Gasteiger partial charge in [0.15, 0.2) is 0 Å². The Morgan fingerprint density at radius 3 is 2.55 bits per heavy atom. The Labute approximate surface area is 68.6 Å². The number of hydrogen-bond donors (Lipinski definition) is 0. The van der Waals surface area contributed by atoms with Gasteiger partial charge in [-0.2, -0.15) is 0 Å². The van der Waals surface area contributed by atoms with Gasteiger partial charge in [-0.3, -0.25) is 4.21 Å². The fourth-order valence-corrected chi connectivity index (χ4v) is 1.56. The number of rotatable bonds is 3. The van der Waals surface area contributed by atoms with Gasteiger partial charge in [0.2, 0.25) is 0 Å². The second-order valence-electron chi connectivity index (χ2n) is 2.07. The van der Waals surface area contributed by atoms with Gasteiger partial charge in [0.05, 0.1) is 10.8 Å². The SMILES string of the molecule is COC[S@@](=O)c1ccccc1. The predicted molar refractivity (Wildman–Crippen MR) is 44.7 cm³/mol. The molecule has 1 atom stereocenters. The molecule has 2 nitrogen and oxygen atoms in total. The topological polar surface area (TPSA) is 26.3 Å². The van der Waals surface area contributed by atoms with Crippen molar-refractivity contribution < 1.29 is 8.95 Å². The fraction of sp³-hybridized carbons (Fsp3) is 0.250. The van der Waals surface area contributed by atoms with Crippen molar-refractivity contribution in [3.63, 3.8) is 0 Å². The Morgan fingerprint density at radius 1 is 1.36 bits per heavy atom. The quantitative estimate of drug-likeness (QED) is 0.685. The molecule has 0 aliphatic rings. The maximum absolute atomic E-state index is 11.2. The lowest BCUT2D eigenvalue weighted by Gasteiger charge is -1.98. The summed E-state index contributed by atoms with van der Waals surface area (Å²) >= 11 is 0. The van der Waals surface area contributed by atoms with E-state index in [-0.39, 0.29) is 5.94 Å². The van der Waals surface area contributed by atoms with Crippen molar-refractivity contribution in [2.45, 2.75) is 4.90 Å². The van der Waals surface area contributed by atoms with Crippen molar-refractivity contribution in [3.05, 3.63) is 30.3 Å². The van der Waals surface area contributed by atoms with Crippen LogP contribution in [-0.2, 0) is 15.5 Å². The Balaban J connectivity index is 2.69. The summed E-state index contributed by atoms with van der Waals surface area (Å²) < 4.78 is 16.0. The molecule has 0 aliphatic carbocycles. The van der Waals surface area contributed by atoms with Crippen LogP contribution < -0.4 is 0 Å². The molecule has 0 amide bonds. The minimum Gasteiger partial charge on any atom is -0.371 e. The van der Waals surface area contributed by atoms with Crippen LogP contribution in [0.2, 0.25) is 0 Å². The third kappa shape index (κ3) is 2.44. The van der Waals surface area contributed by atoms with Gasteiger partial charge < -0.3 is 4.74 Å². The summed E-state index contributed by atoms with van der Waals surface area (Å²) in [5, 5.41) is 0. The Kier molecular flexibility index (Phi) is 3.26. The number of methoxy groups -OCH3 is 1. The van der Waals surface area contributed by atoms with Crippen LogP contribution >= 0.6 is 0 Å². The van der Waals surface area contributed by atoms with Crippen molar-refractivity contribution in [1.29, 1.82) is 0 Å². The van der Waals surface area contributed by atoms with Gasteiger partial charge in [0, 0.05) is 12.0 Å². The lowest BCUT2D eigenvalue weighted by molar-refractivity contribution is 0.254. The van der Waals surface area contributed by atoms with E-state index in [9.17, 15) is 4.21 Å². The summed E-state index contributed by atoms with van der Waals surface area (Å²) in [6.07, 6.45) is 0. The molecule has 11 heavy (non-hydrogen) atoms. The Hall–Kier alpha value is -0.670. The first kappa shape index (κ1) is 8.43. The molecule has 0 heterocycles. The summed E-state index contributed by atoms with van der Waals surface area (Å²) in [6, 6.07) is 9.28. The van der Waals surface area contributed by atoms with Gasteiger partial charge >= 0.3 is 0 Å². The number of benzene rings is 1. The highest BCUT2D eigenvalue weighted by Gasteiger charge is 1.99. The van der Waals surface area contributed by atoms with Crippen LogP contribution in [-0.4, -0.2) is 17.3 Å². The predicted octanol–water partition coefficient (Wildman–Crippen LogP) is 1.40. The Morgan fingerprint density at radius 2 is 2.00 bits per heavy atom. The van der Waals surface area contributed by atoms with Crippen LogP contribution in [0.15, 0.2) is 35.2 Å². The highest BCUT2D eigenvalue weighted by Crippen LogP contribution is 2.04. The molecule has 1 aromatic rings. The first-order valence-corrected chi connectivity index (χ1v) is 4.59. The lowest BCUT2D eigenvalue weighted by Crippen LogP contribution is -1.98. The molecular formula is C8H10O2S. The standard InChI is InChI=1S/C8H10O2S/c1-10-7-11(9)8-5-3-2-4-6-8/h2-6H,7H2,1H3/t11-/m1/s1. The molecule has 0 radical (unpaired) electrons. The zero-order valence-corrected chi connectivity index (χ0v) is 7.14. The zero-order valence-electron chi connectivity index (χ0n) is 6.32. The molecule has 0 aliphatic heterocycles. The van der Waals surface area contributed by atoms with Crippen LogP contribution in [0.25, 0.3) is 0 Å². The second-order valence-corrected chi connectivity index (χ2v) is 3.46. The van der Waals surface area contributed by atoms with Crippen molar-refractivity contribution in [2.75, 3.05) is 13.0 Å². The smallest absolute Gasteiger partial charge is 0.126 e. The summed E-state index contributed by atoms with van der Waals surface area (Å²) in [4.78, 5) is 0.814. The van der Waals surface area contributed by atoms with Crippen LogP contribution in [0, 0.1) is 0 Å².